The Bertz CT molecular complexity index is 190. The smallest absolute Gasteiger partial charge is 0.264 e. The van der Waals surface area contributed by atoms with Gasteiger partial charge in [-0.2, -0.15) is 0 Å². The van der Waals surface area contributed by atoms with Crippen molar-refractivity contribution in [3.63, 3.8) is 0 Å². The summed E-state index contributed by atoms with van der Waals surface area (Å²) in [5.74, 6) is 0.615. The first kappa shape index (κ1) is 12.3. The molecule has 0 aliphatic carbocycles. The van der Waals surface area contributed by atoms with Crippen molar-refractivity contribution in [2.24, 2.45) is 0 Å². The highest BCUT2D eigenvalue weighted by molar-refractivity contribution is 6.69. The van der Waals surface area contributed by atoms with Crippen LogP contribution in [-0.2, 0) is 9.16 Å². The molecule has 0 atom stereocenters. The lowest BCUT2D eigenvalue weighted by molar-refractivity contribution is 0.147. The van der Waals surface area contributed by atoms with Crippen LogP contribution in [-0.4, -0.2) is 15.4 Å². The molecule has 3 heteroatoms. The summed E-state index contributed by atoms with van der Waals surface area (Å²) in [6.07, 6.45) is 6.91. The highest BCUT2D eigenvalue weighted by atomic mass is 28.4. The van der Waals surface area contributed by atoms with E-state index in [0.717, 1.165) is 6.42 Å². The second kappa shape index (κ2) is 5.86. The van der Waals surface area contributed by atoms with E-state index >= 15 is 0 Å². The summed E-state index contributed by atoms with van der Waals surface area (Å²) in [6, 6.07) is 0. The molecule has 0 aromatic rings. The summed E-state index contributed by atoms with van der Waals surface area (Å²) >= 11 is 0. The molecule has 0 bridgehead atoms. The van der Waals surface area contributed by atoms with Crippen molar-refractivity contribution in [3.8, 4) is 0 Å². The fraction of sp³-hybridized carbons (Fsp3) is 0.600. The number of ether oxygens (including phenoxy) is 1. The lowest BCUT2D eigenvalue weighted by atomic mass is 10.4. The standard InChI is InChI=1S/C10H20O2Si/c1-6-7-8-9-10(11-2)12-13(3,4)5/h7-9H,6H2,1-5H3/b8-7+,10-9+. The third-order valence-electron chi connectivity index (χ3n) is 1.21. The average Bonchev–Trinajstić information content (AvgIpc) is 2.01. The third-order valence-corrected chi connectivity index (χ3v) is 2.03. The summed E-state index contributed by atoms with van der Waals surface area (Å²) in [4.78, 5) is 0. The maximum atomic E-state index is 5.66. The van der Waals surface area contributed by atoms with Crippen LogP contribution in [0.15, 0.2) is 24.2 Å². The molecule has 0 aromatic carbocycles. The van der Waals surface area contributed by atoms with E-state index in [1.165, 1.54) is 0 Å². The molecular weight excluding hydrogens is 180 g/mol. The molecule has 0 saturated carbocycles. The van der Waals surface area contributed by atoms with Crippen molar-refractivity contribution < 1.29 is 9.16 Å². The van der Waals surface area contributed by atoms with Gasteiger partial charge in [-0.25, -0.2) is 0 Å². The highest BCUT2D eigenvalue weighted by Gasteiger charge is 2.17. The van der Waals surface area contributed by atoms with Gasteiger partial charge in [-0.05, 0) is 26.1 Å². The van der Waals surface area contributed by atoms with Crippen molar-refractivity contribution in [1.29, 1.82) is 0 Å². The van der Waals surface area contributed by atoms with Gasteiger partial charge in [0.25, 0.3) is 5.95 Å². The maximum Gasteiger partial charge on any atom is 0.264 e. The lowest BCUT2D eigenvalue weighted by Crippen LogP contribution is -2.25. The van der Waals surface area contributed by atoms with Crippen LogP contribution in [0.2, 0.25) is 19.6 Å². The second-order valence-electron chi connectivity index (χ2n) is 3.74. The van der Waals surface area contributed by atoms with E-state index in [2.05, 4.69) is 32.6 Å². The van der Waals surface area contributed by atoms with Gasteiger partial charge in [0.05, 0.1) is 7.11 Å². The van der Waals surface area contributed by atoms with Crippen LogP contribution in [0.4, 0.5) is 0 Å². The average molecular weight is 200 g/mol. The molecule has 0 aliphatic rings. The van der Waals surface area contributed by atoms with E-state index in [9.17, 15) is 0 Å². The molecule has 2 nitrogen and oxygen atoms in total. The molecule has 0 aromatic heterocycles. The minimum Gasteiger partial charge on any atom is -0.520 e. The number of methoxy groups -OCH3 is 1. The quantitative estimate of drug-likeness (QED) is 0.385. The fourth-order valence-electron chi connectivity index (χ4n) is 0.728. The zero-order valence-electron chi connectivity index (χ0n) is 9.26. The van der Waals surface area contributed by atoms with Gasteiger partial charge in [0.15, 0.2) is 0 Å². The molecular formula is C10H20O2Si. The van der Waals surface area contributed by atoms with Gasteiger partial charge in [0.2, 0.25) is 8.32 Å². The van der Waals surface area contributed by atoms with E-state index in [1.807, 2.05) is 12.2 Å². The molecule has 0 rings (SSSR count). The van der Waals surface area contributed by atoms with Crippen LogP contribution in [0.3, 0.4) is 0 Å². The minimum atomic E-state index is -1.53. The highest BCUT2D eigenvalue weighted by Crippen LogP contribution is 2.10. The van der Waals surface area contributed by atoms with Gasteiger partial charge < -0.3 is 9.16 Å². The number of hydrogen-bond acceptors (Lipinski definition) is 2. The summed E-state index contributed by atoms with van der Waals surface area (Å²) < 4.78 is 10.8. The maximum absolute atomic E-state index is 5.66. The number of rotatable bonds is 5. The van der Waals surface area contributed by atoms with Gasteiger partial charge in [-0.15, -0.1) is 0 Å². The Kier molecular flexibility index (Phi) is 5.54. The number of hydrogen-bond donors (Lipinski definition) is 0. The molecule has 0 fully saturated rings. The number of allylic oxidation sites excluding steroid dienone is 3. The Morgan fingerprint density at radius 3 is 2.31 bits per heavy atom. The lowest BCUT2D eigenvalue weighted by Gasteiger charge is -2.19. The van der Waals surface area contributed by atoms with Gasteiger partial charge in [0, 0.05) is 6.08 Å². The molecule has 0 heterocycles. The summed E-state index contributed by atoms with van der Waals surface area (Å²) in [5, 5.41) is 0. The van der Waals surface area contributed by atoms with Crippen LogP contribution in [0, 0.1) is 0 Å². The Balaban J connectivity index is 4.17. The molecule has 0 spiro atoms. The Morgan fingerprint density at radius 1 is 1.31 bits per heavy atom. The first-order chi connectivity index (χ1) is 5.99. The predicted octanol–water partition coefficient (Wildman–Crippen LogP) is 3.29. The van der Waals surface area contributed by atoms with Crippen molar-refractivity contribution in [2.45, 2.75) is 33.0 Å². The van der Waals surface area contributed by atoms with Crippen LogP contribution in [0.25, 0.3) is 0 Å². The van der Waals surface area contributed by atoms with Gasteiger partial charge in [-0.1, -0.05) is 19.1 Å². The molecule has 0 saturated heterocycles. The van der Waals surface area contributed by atoms with Gasteiger partial charge >= 0.3 is 0 Å². The van der Waals surface area contributed by atoms with E-state index in [-0.39, 0.29) is 0 Å². The zero-order chi connectivity index (χ0) is 10.3. The molecule has 0 aliphatic heterocycles. The van der Waals surface area contributed by atoms with E-state index in [4.69, 9.17) is 9.16 Å². The second-order valence-corrected chi connectivity index (χ2v) is 8.17. The minimum absolute atomic E-state index is 0.615. The molecule has 0 N–H and O–H groups in total. The molecule has 0 radical (unpaired) electrons. The largest absolute Gasteiger partial charge is 0.520 e. The fourth-order valence-corrected chi connectivity index (χ4v) is 1.48. The molecule has 76 valence electrons. The van der Waals surface area contributed by atoms with Crippen molar-refractivity contribution >= 4 is 8.32 Å². The van der Waals surface area contributed by atoms with Crippen molar-refractivity contribution in [2.75, 3.05) is 7.11 Å². The van der Waals surface area contributed by atoms with Crippen molar-refractivity contribution in [3.05, 3.63) is 24.2 Å². The third kappa shape index (κ3) is 7.65. The first-order valence-corrected chi connectivity index (χ1v) is 8.00. The van der Waals surface area contributed by atoms with Crippen LogP contribution >= 0.6 is 0 Å². The van der Waals surface area contributed by atoms with E-state index < -0.39 is 8.32 Å². The topological polar surface area (TPSA) is 18.5 Å². The Hall–Kier alpha value is -0.703. The van der Waals surface area contributed by atoms with E-state index in [1.54, 1.807) is 7.11 Å². The molecule has 0 unspecified atom stereocenters. The zero-order valence-corrected chi connectivity index (χ0v) is 10.3. The summed E-state index contributed by atoms with van der Waals surface area (Å²) in [7, 11) is 0.102. The van der Waals surface area contributed by atoms with Crippen LogP contribution in [0.1, 0.15) is 13.3 Å². The Morgan fingerprint density at radius 2 is 1.92 bits per heavy atom. The predicted molar refractivity (Wildman–Crippen MR) is 59.0 cm³/mol. The summed E-state index contributed by atoms with van der Waals surface area (Å²) in [5.41, 5.74) is 0. The monoisotopic (exact) mass is 200 g/mol. The van der Waals surface area contributed by atoms with E-state index in [0.29, 0.717) is 5.95 Å². The van der Waals surface area contributed by atoms with Crippen LogP contribution < -0.4 is 0 Å². The Labute approximate surface area is 82.4 Å². The van der Waals surface area contributed by atoms with Crippen molar-refractivity contribution in [1.82, 2.24) is 0 Å². The first-order valence-electron chi connectivity index (χ1n) is 4.59. The van der Waals surface area contributed by atoms with Gasteiger partial charge in [0.1, 0.15) is 0 Å². The van der Waals surface area contributed by atoms with Crippen LogP contribution in [0.5, 0.6) is 0 Å². The normalized spacial score (nSPS) is 13.5. The van der Waals surface area contributed by atoms with Gasteiger partial charge in [-0.3, -0.25) is 0 Å². The SMILES string of the molecule is CC/C=C/C=C(\OC)O[Si](C)(C)C. The molecule has 13 heavy (non-hydrogen) atoms. The molecule has 0 amide bonds. The summed E-state index contributed by atoms with van der Waals surface area (Å²) in [6.45, 7) is 8.48.